The van der Waals surface area contributed by atoms with Gasteiger partial charge in [0.05, 0.1) is 26.3 Å². The number of ether oxygens (including phenoxy) is 3. The number of nitrogens with zero attached hydrogens (tertiary/aromatic N) is 4. The zero-order chi connectivity index (χ0) is 26.5. The molecule has 37 heavy (non-hydrogen) atoms. The summed E-state index contributed by atoms with van der Waals surface area (Å²) in [5.41, 5.74) is 0.959. The number of aromatic nitrogens is 2. The van der Waals surface area contributed by atoms with Crippen LogP contribution in [0.4, 0.5) is 5.69 Å². The molecule has 1 amide bonds. The van der Waals surface area contributed by atoms with Crippen LogP contribution in [0, 0.1) is 10.1 Å². The molecule has 1 aliphatic heterocycles. The minimum absolute atomic E-state index is 0.121. The molecule has 11 nitrogen and oxygen atoms in total. The van der Waals surface area contributed by atoms with Gasteiger partial charge in [0, 0.05) is 55.6 Å². The van der Waals surface area contributed by atoms with Crippen molar-refractivity contribution in [3.8, 4) is 17.2 Å². The summed E-state index contributed by atoms with van der Waals surface area (Å²) in [5.74, 6) is 1.43. The van der Waals surface area contributed by atoms with Gasteiger partial charge in [-0.05, 0) is 42.7 Å². The minimum Gasteiger partial charge on any atom is -0.493 e. The number of piperidine rings is 1. The smallest absolute Gasteiger partial charge is 0.294 e. The molecule has 0 atom stereocenters. The van der Waals surface area contributed by atoms with Crippen molar-refractivity contribution in [1.29, 1.82) is 0 Å². The molecule has 0 radical (unpaired) electrons. The summed E-state index contributed by atoms with van der Waals surface area (Å²) in [6.07, 6.45) is 4.98. The number of carbonyl (C=O) groups excluding carboxylic acids is 2. The highest BCUT2D eigenvalue weighted by atomic mass is 16.6. The molecule has 1 aromatic heterocycles. The lowest BCUT2D eigenvalue weighted by molar-refractivity contribution is -0.384. The van der Waals surface area contributed by atoms with E-state index in [1.165, 1.54) is 29.2 Å². The molecule has 0 saturated carbocycles. The lowest BCUT2D eigenvalue weighted by atomic mass is 9.95. The Morgan fingerprint density at radius 2 is 1.65 bits per heavy atom. The number of nitro groups is 1. The first-order valence-corrected chi connectivity index (χ1v) is 11.7. The maximum absolute atomic E-state index is 12.8. The number of hydrogen-bond acceptors (Lipinski definition) is 8. The van der Waals surface area contributed by atoms with Gasteiger partial charge in [-0.3, -0.25) is 19.7 Å². The van der Waals surface area contributed by atoms with Gasteiger partial charge in [0.25, 0.3) is 11.6 Å². The summed E-state index contributed by atoms with van der Waals surface area (Å²) in [4.78, 5) is 41.8. The normalized spacial score (nSPS) is 13.8. The number of hydrogen-bond donors (Lipinski definition) is 0. The average Bonchev–Trinajstić information content (AvgIpc) is 3.39. The Labute approximate surface area is 213 Å². The van der Waals surface area contributed by atoms with Crippen LogP contribution >= 0.6 is 0 Å². The van der Waals surface area contributed by atoms with Crippen LogP contribution in [-0.2, 0) is 11.3 Å². The lowest BCUT2D eigenvalue weighted by Crippen LogP contribution is -2.42. The Balaban J connectivity index is 1.42. The first-order chi connectivity index (χ1) is 17.9. The van der Waals surface area contributed by atoms with Crippen molar-refractivity contribution in [3.05, 3.63) is 75.9 Å². The van der Waals surface area contributed by atoms with Gasteiger partial charge < -0.3 is 23.7 Å². The van der Waals surface area contributed by atoms with Crippen molar-refractivity contribution in [2.45, 2.75) is 25.3 Å². The molecular weight excluding hydrogens is 480 g/mol. The molecule has 1 aliphatic rings. The van der Waals surface area contributed by atoms with Crippen LogP contribution in [0.5, 0.6) is 17.2 Å². The Morgan fingerprint density at radius 1 is 1.03 bits per heavy atom. The molecule has 0 aliphatic carbocycles. The zero-order valence-electron chi connectivity index (χ0n) is 20.9. The van der Waals surface area contributed by atoms with Crippen molar-refractivity contribution >= 4 is 17.4 Å². The molecule has 2 heterocycles. The van der Waals surface area contributed by atoms with E-state index in [9.17, 15) is 19.7 Å². The van der Waals surface area contributed by atoms with E-state index in [0.29, 0.717) is 49.7 Å². The minimum atomic E-state index is -0.669. The van der Waals surface area contributed by atoms with Gasteiger partial charge >= 0.3 is 0 Å². The van der Waals surface area contributed by atoms with Gasteiger partial charge in [-0.1, -0.05) is 0 Å². The van der Waals surface area contributed by atoms with Crippen molar-refractivity contribution in [3.63, 3.8) is 0 Å². The molecular formula is C26H28N4O7. The topological polar surface area (TPSA) is 126 Å². The third-order valence-corrected chi connectivity index (χ3v) is 6.51. The summed E-state index contributed by atoms with van der Waals surface area (Å²) in [7, 11) is 4.71. The molecule has 0 bridgehead atoms. The van der Waals surface area contributed by atoms with Crippen LogP contribution in [0.15, 0.2) is 48.8 Å². The number of carbonyl (C=O) groups is 2. The highest BCUT2D eigenvalue weighted by molar-refractivity contribution is 6.42. The standard InChI is InChI=1S/C26H28N4O7/c1-35-21-14-17(15-22(36-2)24(21)37-3)16-29-13-10-27-25(29)19-8-11-28(12-9-19)26(32)23(31)18-4-6-20(7-5-18)30(33)34/h4-7,10,13-15,19H,8-9,11-12,16H2,1-3H3. The summed E-state index contributed by atoms with van der Waals surface area (Å²) in [6, 6.07) is 8.86. The van der Waals surface area contributed by atoms with Crippen LogP contribution in [0.1, 0.15) is 40.5 Å². The number of nitro benzene ring substituents is 1. The first kappa shape index (κ1) is 25.7. The summed E-state index contributed by atoms with van der Waals surface area (Å²) in [5, 5.41) is 10.8. The lowest BCUT2D eigenvalue weighted by Gasteiger charge is -2.31. The van der Waals surface area contributed by atoms with E-state index in [0.717, 1.165) is 11.4 Å². The summed E-state index contributed by atoms with van der Waals surface area (Å²) >= 11 is 0. The molecule has 2 aromatic carbocycles. The molecule has 1 fully saturated rings. The van der Waals surface area contributed by atoms with E-state index < -0.39 is 16.6 Å². The molecule has 4 rings (SSSR count). The largest absolute Gasteiger partial charge is 0.493 e. The summed E-state index contributed by atoms with van der Waals surface area (Å²) in [6.45, 7) is 1.38. The monoisotopic (exact) mass is 508 g/mol. The van der Waals surface area contributed by atoms with Gasteiger partial charge in [-0.2, -0.15) is 0 Å². The zero-order valence-corrected chi connectivity index (χ0v) is 20.9. The number of non-ortho nitro benzene ring substituents is 1. The van der Waals surface area contributed by atoms with Crippen molar-refractivity contribution in [2.75, 3.05) is 34.4 Å². The Hall–Kier alpha value is -4.41. The number of amides is 1. The van der Waals surface area contributed by atoms with E-state index >= 15 is 0 Å². The van der Waals surface area contributed by atoms with E-state index in [4.69, 9.17) is 14.2 Å². The quantitative estimate of drug-likeness (QED) is 0.186. The second-order valence-corrected chi connectivity index (χ2v) is 8.65. The number of imidazole rings is 1. The second-order valence-electron chi connectivity index (χ2n) is 8.65. The molecule has 1 saturated heterocycles. The SMILES string of the molecule is COc1cc(Cn2ccnc2C2CCN(C(=O)C(=O)c3ccc([N+](=O)[O-])cc3)CC2)cc(OC)c1OC. The highest BCUT2D eigenvalue weighted by Crippen LogP contribution is 2.38. The maximum Gasteiger partial charge on any atom is 0.294 e. The number of likely N-dealkylation sites (tertiary alicyclic amines) is 1. The first-order valence-electron chi connectivity index (χ1n) is 11.7. The number of ketones is 1. The Morgan fingerprint density at radius 3 is 2.19 bits per heavy atom. The molecule has 3 aromatic rings. The van der Waals surface area contributed by atoms with Crippen LogP contribution < -0.4 is 14.2 Å². The average molecular weight is 509 g/mol. The van der Waals surface area contributed by atoms with Gasteiger partial charge in [0.1, 0.15) is 5.82 Å². The molecule has 11 heteroatoms. The van der Waals surface area contributed by atoms with Crippen LogP contribution in [-0.4, -0.2) is 65.5 Å². The molecule has 0 spiro atoms. The fourth-order valence-corrected chi connectivity index (χ4v) is 4.58. The molecule has 0 N–H and O–H groups in total. The Kier molecular flexibility index (Phi) is 7.71. The predicted octanol–water partition coefficient (Wildman–Crippen LogP) is 3.45. The number of benzene rings is 2. The number of rotatable bonds is 9. The van der Waals surface area contributed by atoms with Crippen molar-refractivity contribution in [2.24, 2.45) is 0 Å². The maximum atomic E-state index is 12.8. The van der Waals surface area contributed by atoms with Crippen LogP contribution in [0.25, 0.3) is 0 Å². The molecule has 0 unspecified atom stereocenters. The van der Waals surface area contributed by atoms with Crippen LogP contribution in [0.2, 0.25) is 0 Å². The second kappa shape index (κ2) is 11.1. The summed E-state index contributed by atoms with van der Waals surface area (Å²) < 4.78 is 18.4. The van der Waals surface area contributed by atoms with E-state index in [2.05, 4.69) is 9.55 Å². The number of methoxy groups -OCH3 is 3. The van der Waals surface area contributed by atoms with E-state index in [1.807, 2.05) is 18.3 Å². The van der Waals surface area contributed by atoms with Gasteiger partial charge in [-0.15, -0.1) is 0 Å². The van der Waals surface area contributed by atoms with Crippen LogP contribution in [0.3, 0.4) is 0 Å². The third kappa shape index (κ3) is 5.40. The molecule has 194 valence electrons. The van der Waals surface area contributed by atoms with Gasteiger partial charge in [0.2, 0.25) is 11.5 Å². The van der Waals surface area contributed by atoms with E-state index in [1.54, 1.807) is 27.5 Å². The van der Waals surface area contributed by atoms with Gasteiger partial charge in [0.15, 0.2) is 11.5 Å². The Bertz CT molecular complexity index is 1270. The number of Topliss-reactive ketones (excluding diaryl/α,β-unsaturated/α-hetero) is 1. The highest BCUT2D eigenvalue weighted by Gasteiger charge is 2.30. The van der Waals surface area contributed by atoms with Crippen molar-refractivity contribution in [1.82, 2.24) is 14.5 Å². The predicted molar refractivity (Wildman–Crippen MR) is 133 cm³/mol. The van der Waals surface area contributed by atoms with Crippen molar-refractivity contribution < 1.29 is 28.7 Å². The fraction of sp³-hybridized carbons (Fsp3) is 0.346. The fourth-order valence-electron chi connectivity index (χ4n) is 4.58. The third-order valence-electron chi connectivity index (χ3n) is 6.51. The van der Waals surface area contributed by atoms with Gasteiger partial charge in [-0.25, -0.2) is 4.98 Å². The van der Waals surface area contributed by atoms with E-state index in [-0.39, 0.29) is 17.2 Å².